The summed E-state index contributed by atoms with van der Waals surface area (Å²) in [6.45, 7) is 6.69. The van der Waals surface area contributed by atoms with E-state index in [1.165, 1.54) is 18.5 Å². The van der Waals surface area contributed by atoms with E-state index in [1.54, 1.807) is 4.90 Å². The topological polar surface area (TPSA) is 52.7 Å². The van der Waals surface area contributed by atoms with Crippen LogP contribution in [-0.4, -0.2) is 31.4 Å². The minimum atomic E-state index is -0.328. The van der Waals surface area contributed by atoms with Crippen molar-refractivity contribution in [1.29, 1.82) is 0 Å². The van der Waals surface area contributed by atoms with Crippen molar-refractivity contribution in [1.82, 2.24) is 0 Å². The highest BCUT2D eigenvalue weighted by molar-refractivity contribution is 6.04. The van der Waals surface area contributed by atoms with Gasteiger partial charge in [-0.1, -0.05) is 12.1 Å². The fourth-order valence-electron chi connectivity index (χ4n) is 4.12. The number of benzene rings is 2. The van der Waals surface area contributed by atoms with E-state index >= 15 is 0 Å². The van der Waals surface area contributed by atoms with E-state index in [-0.39, 0.29) is 24.2 Å². The van der Waals surface area contributed by atoms with E-state index in [0.29, 0.717) is 6.54 Å². The molecular formula is C23H27N3O2. The highest BCUT2D eigenvalue weighted by Gasteiger charge is 2.35. The van der Waals surface area contributed by atoms with E-state index in [0.717, 1.165) is 35.6 Å². The van der Waals surface area contributed by atoms with Crippen LogP contribution in [0.3, 0.4) is 0 Å². The summed E-state index contributed by atoms with van der Waals surface area (Å²) in [6, 6.07) is 14.0. The van der Waals surface area contributed by atoms with Gasteiger partial charge in [0.15, 0.2) is 0 Å². The van der Waals surface area contributed by atoms with E-state index < -0.39 is 0 Å². The minimum Gasteiger partial charge on any atom is -0.372 e. The molecule has 0 spiro atoms. The second-order valence-electron chi connectivity index (χ2n) is 7.85. The highest BCUT2D eigenvalue weighted by atomic mass is 16.2. The second-order valence-corrected chi connectivity index (χ2v) is 7.85. The maximum absolute atomic E-state index is 12.7. The third-order valence-corrected chi connectivity index (χ3v) is 5.97. The van der Waals surface area contributed by atoms with E-state index in [4.69, 9.17) is 0 Å². The van der Waals surface area contributed by atoms with Crippen molar-refractivity contribution < 1.29 is 9.59 Å². The molecule has 0 aliphatic carbocycles. The van der Waals surface area contributed by atoms with E-state index in [2.05, 4.69) is 22.3 Å². The first-order valence-electron chi connectivity index (χ1n) is 10.1. The number of hydrogen-bond acceptors (Lipinski definition) is 3. The molecule has 2 aromatic carbocycles. The number of carbonyl (C=O) groups excluding carboxylic acids is 2. The van der Waals surface area contributed by atoms with Gasteiger partial charge in [0.1, 0.15) is 0 Å². The van der Waals surface area contributed by atoms with Crippen LogP contribution in [-0.2, 0) is 9.59 Å². The Labute approximate surface area is 166 Å². The number of amides is 2. The average molecular weight is 377 g/mol. The number of nitrogens with one attached hydrogen (secondary N) is 1. The van der Waals surface area contributed by atoms with Crippen molar-refractivity contribution in [3.8, 4) is 0 Å². The Morgan fingerprint density at radius 3 is 2.46 bits per heavy atom. The van der Waals surface area contributed by atoms with Crippen molar-refractivity contribution >= 4 is 28.9 Å². The lowest BCUT2D eigenvalue weighted by molar-refractivity contribution is -0.122. The minimum absolute atomic E-state index is 0.0123. The van der Waals surface area contributed by atoms with Gasteiger partial charge in [0.2, 0.25) is 11.8 Å². The Hall–Kier alpha value is -2.82. The van der Waals surface area contributed by atoms with Crippen LogP contribution < -0.4 is 15.1 Å². The summed E-state index contributed by atoms with van der Waals surface area (Å²) >= 11 is 0. The van der Waals surface area contributed by atoms with Crippen molar-refractivity contribution in [3.63, 3.8) is 0 Å². The number of nitrogens with zero attached hydrogens (tertiary/aromatic N) is 2. The zero-order chi connectivity index (χ0) is 19.7. The standard InChI is InChI=1S/C23H27N3O2/c1-16-6-5-7-21(17(16)2)26-15-18(14-22(26)27)23(28)24-19-8-10-20(11-9-19)25-12-3-4-13-25/h5-11,18H,3-4,12-15H2,1-2H3,(H,24,28). The molecule has 2 fully saturated rings. The molecule has 1 atom stereocenters. The van der Waals surface area contributed by atoms with Gasteiger partial charge < -0.3 is 15.1 Å². The van der Waals surface area contributed by atoms with Gasteiger partial charge in [-0.2, -0.15) is 0 Å². The molecule has 2 aliphatic rings. The maximum Gasteiger partial charge on any atom is 0.229 e. The molecule has 0 saturated carbocycles. The van der Waals surface area contributed by atoms with Crippen LogP contribution in [0.5, 0.6) is 0 Å². The van der Waals surface area contributed by atoms with Crippen LogP contribution in [0.15, 0.2) is 42.5 Å². The van der Waals surface area contributed by atoms with Gasteiger partial charge in [0.05, 0.1) is 5.92 Å². The summed E-state index contributed by atoms with van der Waals surface area (Å²) in [5.41, 5.74) is 5.14. The molecule has 2 aromatic rings. The number of anilines is 3. The summed E-state index contributed by atoms with van der Waals surface area (Å²) in [4.78, 5) is 29.4. The Bertz CT molecular complexity index is 885. The molecule has 1 unspecified atom stereocenters. The first kappa shape index (κ1) is 18.5. The average Bonchev–Trinajstić information content (AvgIpc) is 3.35. The van der Waals surface area contributed by atoms with Gasteiger partial charge in [-0.05, 0) is 68.1 Å². The second kappa shape index (κ2) is 7.66. The van der Waals surface area contributed by atoms with Crippen molar-refractivity contribution in [2.24, 2.45) is 5.92 Å². The van der Waals surface area contributed by atoms with Gasteiger partial charge in [0, 0.05) is 43.1 Å². The molecule has 0 aromatic heterocycles. The van der Waals surface area contributed by atoms with Crippen LogP contribution in [0.2, 0.25) is 0 Å². The van der Waals surface area contributed by atoms with Crippen molar-refractivity contribution in [3.05, 3.63) is 53.6 Å². The Balaban J connectivity index is 1.41. The van der Waals surface area contributed by atoms with Crippen molar-refractivity contribution in [2.75, 3.05) is 34.8 Å². The van der Waals surface area contributed by atoms with E-state index in [9.17, 15) is 9.59 Å². The summed E-state index contributed by atoms with van der Waals surface area (Å²) in [5.74, 6) is -0.404. The first-order valence-corrected chi connectivity index (χ1v) is 10.1. The Morgan fingerprint density at radius 1 is 1.04 bits per heavy atom. The molecule has 146 valence electrons. The van der Waals surface area contributed by atoms with Gasteiger partial charge in [-0.3, -0.25) is 9.59 Å². The predicted molar refractivity (Wildman–Crippen MR) is 113 cm³/mol. The lowest BCUT2D eigenvalue weighted by Crippen LogP contribution is -2.28. The monoisotopic (exact) mass is 377 g/mol. The van der Waals surface area contributed by atoms with E-state index in [1.807, 2.05) is 44.2 Å². The summed E-state index contributed by atoms with van der Waals surface area (Å²) in [5, 5.41) is 2.98. The fourth-order valence-corrected chi connectivity index (χ4v) is 4.12. The molecular weight excluding hydrogens is 350 g/mol. The third kappa shape index (κ3) is 3.61. The van der Waals surface area contributed by atoms with Gasteiger partial charge in [-0.15, -0.1) is 0 Å². The third-order valence-electron chi connectivity index (χ3n) is 5.97. The summed E-state index contributed by atoms with van der Waals surface area (Å²) in [7, 11) is 0. The van der Waals surface area contributed by atoms with Crippen molar-refractivity contribution in [2.45, 2.75) is 33.1 Å². The molecule has 2 heterocycles. The smallest absolute Gasteiger partial charge is 0.229 e. The highest BCUT2D eigenvalue weighted by Crippen LogP contribution is 2.30. The Morgan fingerprint density at radius 2 is 1.75 bits per heavy atom. The molecule has 5 nitrogen and oxygen atoms in total. The molecule has 5 heteroatoms. The quantitative estimate of drug-likeness (QED) is 0.879. The summed E-state index contributed by atoms with van der Waals surface area (Å²) in [6.07, 6.45) is 2.74. The zero-order valence-corrected chi connectivity index (χ0v) is 16.6. The lowest BCUT2D eigenvalue weighted by atomic mass is 10.1. The zero-order valence-electron chi connectivity index (χ0n) is 16.6. The normalized spacial score (nSPS) is 19.4. The molecule has 2 aliphatic heterocycles. The molecule has 1 N–H and O–H groups in total. The fraction of sp³-hybridized carbons (Fsp3) is 0.391. The SMILES string of the molecule is Cc1cccc(N2CC(C(=O)Nc3ccc(N4CCCC4)cc3)CC2=O)c1C. The largest absolute Gasteiger partial charge is 0.372 e. The lowest BCUT2D eigenvalue weighted by Gasteiger charge is -2.20. The number of hydrogen-bond donors (Lipinski definition) is 1. The van der Waals surface area contributed by atoms with Crippen LogP contribution >= 0.6 is 0 Å². The van der Waals surface area contributed by atoms with Crippen LogP contribution in [0.1, 0.15) is 30.4 Å². The molecule has 4 rings (SSSR count). The van der Waals surface area contributed by atoms with Crippen LogP contribution in [0.25, 0.3) is 0 Å². The molecule has 2 amide bonds. The predicted octanol–water partition coefficient (Wildman–Crippen LogP) is 3.90. The number of rotatable bonds is 4. The molecule has 2 saturated heterocycles. The Kier molecular flexibility index (Phi) is 5.07. The molecule has 28 heavy (non-hydrogen) atoms. The van der Waals surface area contributed by atoms with Gasteiger partial charge in [0.25, 0.3) is 0 Å². The van der Waals surface area contributed by atoms with Gasteiger partial charge in [-0.25, -0.2) is 0 Å². The van der Waals surface area contributed by atoms with Gasteiger partial charge >= 0.3 is 0 Å². The van der Waals surface area contributed by atoms with Crippen LogP contribution in [0.4, 0.5) is 17.1 Å². The molecule has 0 radical (unpaired) electrons. The van der Waals surface area contributed by atoms with Crippen LogP contribution in [0, 0.1) is 19.8 Å². The number of aryl methyl sites for hydroxylation is 1. The summed E-state index contributed by atoms with van der Waals surface area (Å²) < 4.78 is 0. The molecule has 0 bridgehead atoms. The number of carbonyl (C=O) groups is 2. The maximum atomic E-state index is 12.7. The first-order chi connectivity index (χ1) is 13.5.